The molecular weight excluding hydrogens is 351 g/mol. The van der Waals surface area contributed by atoms with Crippen LogP contribution >= 0.6 is 23.2 Å². The quantitative estimate of drug-likeness (QED) is 0.617. The summed E-state index contributed by atoms with van der Waals surface area (Å²) in [5.41, 5.74) is 1.51. The van der Waals surface area contributed by atoms with E-state index in [4.69, 9.17) is 23.2 Å². The zero-order valence-corrected chi connectivity index (χ0v) is 14.2. The van der Waals surface area contributed by atoms with E-state index < -0.39 is 11.8 Å². The third kappa shape index (κ3) is 5.08. The van der Waals surface area contributed by atoms with Gasteiger partial charge in [-0.05, 0) is 49.4 Å². The van der Waals surface area contributed by atoms with Gasteiger partial charge in [-0.25, -0.2) is 0 Å². The molecule has 0 radical (unpaired) electrons. The summed E-state index contributed by atoms with van der Waals surface area (Å²) in [6.45, 7) is 1.46. The van der Waals surface area contributed by atoms with E-state index in [9.17, 15) is 14.4 Å². The van der Waals surface area contributed by atoms with Crippen molar-refractivity contribution in [2.45, 2.75) is 13.3 Å². The smallest absolute Gasteiger partial charge is 0.233 e. The fourth-order valence-corrected chi connectivity index (χ4v) is 2.22. The molecule has 124 valence electrons. The molecule has 2 N–H and O–H groups in total. The fourth-order valence-electron chi connectivity index (χ4n) is 1.92. The van der Waals surface area contributed by atoms with Crippen molar-refractivity contribution in [1.29, 1.82) is 0 Å². The third-order valence-corrected chi connectivity index (χ3v) is 3.84. The number of hydrogen-bond acceptors (Lipinski definition) is 3. The number of rotatable bonds is 5. The second kappa shape index (κ2) is 7.95. The third-order valence-electron chi connectivity index (χ3n) is 3.10. The molecule has 7 heteroatoms. The van der Waals surface area contributed by atoms with Crippen LogP contribution in [0.1, 0.15) is 23.7 Å². The molecule has 24 heavy (non-hydrogen) atoms. The zero-order chi connectivity index (χ0) is 17.7. The monoisotopic (exact) mass is 364 g/mol. The molecule has 0 bridgehead atoms. The van der Waals surface area contributed by atoms with Crippen LogP contribution in [0.5, 0.6) is 0 Å². The van der Waals surface area contributed by atoms with Gasteiger partial charge in [-0.3, -0.25) is 14.4 Å². The number of carbonyl (C=O) groups excluding carboxylic acids is 3. The van der Waals surface area contributed by atoms with Gasteiger partial charge < -0.3 is 10.6 Å². The maximum Gasteiger partial charge on any atom is 0.233 e. The Bertz CT molecular complexity index is 789. The number of hydrogen-bond donors (Lipinski definition) is 2. The van der Waals surface area contributed by atoms with Gasteiger partial charge in [0.15, 0.2) is 5.78 Å². The summed E-state index contributed by atoms with van der Waals surface area (Å²) >= 11 is 11.7. The minimum atomic E-state index is -0.480. The van der Waals surface area contributed by atoms with E-state index in [1.54, 1.807) is 36.4 Å². The van der Waals surface area contributed by atoms with Crippen molar-refractivity contribution < 1.29 is 14.4 Å². The summed E-state index contributed by atoms with van der Waals surface area (Å²) in [6.07, 6.45) is -0.352. The number of anilines is 2. The Hall–Kier alpha value is -2.37. The summed E-state index contributed by atoms with van der Waals surface area (Å²) in [5.74, 6) is -1.01. The molecule has 0 spiro atoms. The minimum Gasteiger partial charge on any atom is -0.326 e. The predicted octanol–water partition coefficient (Wildman–Crippen LogP) is 4.16. The highest BCUT2D eigenvalue weighted by Crippen LogP contribution is 2.25. The number of carbonyl (C=O) groups is 3. The Morgan fingerprint density at radius 2 is 1.38 bits per heavy atom. The maximum atomic E-state index is 11.9. The first-order valence-corrected chi connectivity index (χ1v) is 7.76. The summed E-state index contributed by atoms with van der Waals surface area (Å²) < 4.78 is 0. The Balaban J connectivity index is 1.90. The number of amides is 2. The Morgan fingerprint density at radius 1 is 0.833 bits per heavy atom. The topological polar surface area (TPSA) is 75.3 Å². The molecule has 0 unspecified atom stereocenters. The van der Waals surface area contributed by atoms with Gasteiger partial charge in [0.05, 0.1) is 10.0 Å². The normalized spacial score (nSPS) is 10.1. The minimum absolute atomic E-state index is 0.0612. The van der Waals surface area contributed by atoms with Crippen LogP contribution in [0, 0.1) is 0 Å². The fraction of sp³-hybridized carbons (Fsp3) is 0.118. The van der Waals surface area contributed by atoms with Crippen molar-refractivity contribution in [2.24, 2.45) is 0 Å². The van der Waals surface area contributed by atoms with Crippen molar-refractivity contribution in [1.82, 2.24) is 0 Å². The first-order valence-electron chi connectivity index (χ1n) is 7.01. The van der Waals surface area contributed by atoms with E-state index in [-0.39, 0.29) is 12.2 Å². The van der Waals surface area contributed by atoms with Crippen LogP contribution in [0.15, 0.2) is 42.5 Å². The summed E-state index contributed by atoms with van der Waals surface area (Å²) in [7, 11) is 0. The van der Waals surface area contributed by atoms with E-state index in [0.717, 1.165) is 0 Å². The first kappa shape index (κ1) is 18.0. The lowest BCUT2D eigenvalue weighted by Crippen LogP contribution is -2.21. The van der Waals surface area contributed by atoms with Gasteiger partial charge in [-0.1, -0.05) is 23.2 Å². The largest absolute Gasteiger partial charge is 0.326 e. The number of Topliss-reactive ketones (excluding diaryl/α,β-unsaturated/α-hetero) is 1. The molecule has 2 amide bonds. The molecule has 2 rings (SSSR count). The van der Waals surface area contributed by atoms with E-state index in [1.807, 2.05) is 0 Å². The van der Waals surface area contributed by atoms with Gasteiger partial charge in [-0.2, -0.15) is 0 Å². The summed E-state index contributed by atoms with van der Waals surface area (Å²) in [6, 6.07) is 11.1. The number of benzene rings is 2. The van der Waals surface area contributed by atoms with Gasteiger partial charge in [0.2, 0.25) is 11.8 Å². The molecule has 0 atom stereocenters. The van der Waals surface area contributed by atoms with Crippen molar-refractivity contribution in [2.75, 3.05) is 10.6 Å². The van der Waals surface area contributed by atoms with E-state index in [2.05, 4.69) is 10.6 Å². The second-order valence-electron chi connectivity index (χ2n) is 5.04. The average Bonchev–Trinajstić information content (AvgIpc) is 2.51. The zero-order valence-electron chi connectivity index (χ0n) is 12.7. The second-order valence-corrected chi connectivity index (χ2v) is 5.85. The Morgan fingerprint density at radius 3 is 1.92 bits per heavy atom. The Labute approximate surface area is 149 Å². The van der Waals surface area contributed by atoms with Gasteiger partial charge in [0, 0.05) is 16.9 Å². The molecule has 0 heterocycles. The number of halogens is 2. The van der Waals surface area contributed by atoms with Crippen molar-refractivity contribution in [3.63, 3.8) is 0 Å². The van der Waals surface area contributed by atoms with E-state index in [0.29, 0.717) is 27.0 Å². The number of nitrogens with one attached hydrogen (secondary N) is 2. The highest BCUT2D eigenvalue weighted by molar-refractivity contribution is 6.42. The van der Waals surface area contributed by atoms with Crippen LogP contribution < -0.4 is 10.6 Å². The summed E-state index contributed by atoms with van der Waals surface area (Å²) in [5, 5.41) is 5.84. The molecule has 0 aliphatic heterocycles. The highest BCUT2D eigenvalue weighted by atomic mass is 35.5. The van der Waals surface area contributed by atoms with Gasteiger partial charge >= 0.3 is 0 Å². The molecule has 2 aromatic rings. The average molecular weight is 365 g/mol. The van der Waals surface area contributed by atoms with Crippen molar-refractivity contribution in [3.8, 4) is 0 Å². The van der Waals surface area contributed by atoms with Gasteiger partial charge in [-0.15, -0.1) is 0 Å². The molecule has 2 aromatic carbocycles. The molecular formula is C17H14Cl2N2O3. The van der Waals surface area contributed by atoms with Crippen molar-refractivity contribution in [3.05, 3.63) is 58.1 Å². The predicted molar refractivity (Wildman–Crippen MR) is 94.8 cm³/mol. The molecule has 0 aromatic heterocycles. The molecule has 5 nitrogen and oxygen atoms in total. The number of ketones is 1. The SMILES string of the molecule is CC(=O)c1ccc(NC(=O)CC(=O)Nc2ccc(Cl)c(Cl)c2)cc1. The lowest BCUT2D eigenvalue weighted by atomic mass is 10.1. The first-order chi connectivity index (χ1) is 11.3. The molecule has 0 saturated carbocycles. The molecule has 0 saturated heterocycles. The summed E-state index contributed by atoms with van der Waals surface area (Å²) in [4.78, 5) is 34.9. The van der Waals surface area contributed by atoms with E-state index >= 15 is 0 Å². The Kier molecular flexibility index (Phi) is 5.95. The lowest BCUT2D eigenvalue weighted by molar-refractivity contribution is -0.123. The van der Waals surface area contributed by atoms with Crippen LogP contribution in [0.25, 0.3) is 0 Å². The molecule has 0 aliphatic carbocycles. The van der Waals surface area contributed by atoms with Gasteiger partial charge in [0.25, 0.3) is 0 Å². The molecule has 0 fully saturated rings. The van der Waals surface area contributed by atoms with Gasteiger partial charge in [0.1, 0.15) is 6.42 Å². The van der Waals surface area contributed by atoms with Crippen LogP contribution in [0.2, 0.25) is 10.0 Å². The van der Waals surface area contributed by atoms with Crippen LogP contribution in [0.4, 0.5) is 11.4 Å². The van der Waals surface area contributed by atoms with Crippen molar-refractivity contribution >= 4 is 52.2 Å². The highest BCUT2D eigenvalue weighted by Gasteiger charge is 2.11. The lowest BCUT2D eigenvalue weighted by Gasteiger charge is -2.08. The van der Waals surface area contributed by atoms with Crippen LogP contribution in [-0.2, 0) is 9.59 Å². The van der Waals surface area contributed by atoms with Crippen LogP contribution in [0.3, 0.4) is 0 Å². The standard InChI is InChI=1S/C17H14Cl2N2O3/c1-10(22)11-2-4-12(5-3-11)20-16(23)9-17(24)21-13-6-7-14(18)15(19)8-13/h2-8H,9H2,1H3,(H,20,23)(H,21,24). The molecule has 0 aliphatic rings. The van der Waals surface area contributed by atoms with E-state index in [1.165, 1.54) is 13.0 Å². The maximum absolute atomic E-state index is 11.9. The van der Waals surface area contributed by atoms with Crippen LogP contribution in [-0.4, -0.2) is 17.6 Å².